The van der Waals surface area contributed by atoms with Crippen molar-refractivity contribution in [3.8, 4) is 0 Å². The molecule has 1 aliphatic heterocycles. The predicted molar refractivity (Wildman–Crippen MR) is 88.9 cm³/mol. The molecule has 1 saturated heterocycles. The van der Waals surface area contributed by atoms with Crippen LogP contribution in [0.15, 0.2) is 27.8 Å². The Morgan fingerprint density at radius 3 is 2.79 bits per heavy atom. The minimum Gasteiger partial charge on any atom is -0.467 e. The minimum atomic E-state index is 0. The first-order valence-corrected chi connectivity index (χ1v) is 6.85. The largest absolute Gasteiger partial charge is 0.467 e. The van der Waals surface area contributed by atoms with Gasteiger partial charge in [0.1, 0.15) is 12.3 Å². The van der Waals surface area contributed by atoms with Crippen LogP contribution in [0.3, 0.4) is 0 Å². The van der Waals surface area contributed by atoms with E-state index in [4.69, 9.17) is 4.42 Å². The Morgan fingerprint density at radius 2 is 2.21 bits per heavy atom. The van der Waals surface area contributed by atoms with E-state index < -0.39 is 0 Å². The summed E-state index contributed by atoms with van der Waals surface area (Å²) in [5, 5.41) is 3.36. The van der Waals surface area contributed by atoms with E-state index in [1.165, 1.54) is 12.8 Å². The average Bonchev–Trinajstić information content (AvgIpc) is 2.89. The van der Waals surface area contributed by atoms with Crippen molar-refractivity contribution in [3.63, 3.8) is 0 Å². The maximum Gasteiger partial charge on any atom is 0.194 e. The molecule has 2 heterocycles. The molecule has 1 aromatic heterocycles. The van der Waals surface area contributed by atoms with E-state index in [0.717, 1.165) is 37.3 Å². The number of halogens is 1. The summed E-state index contributed by atoms with van der Waals surface area (Å²) in [5.41, 5.74) is 0. The topological polar surface area (TPSA) is 40.8 Å². The first-order valence-electron chi connectivity index (χ1n) is 6.85. The summed E-state index contributed by atoms with van der Waals surface area (Å²) in [7, 11) is 0. The van der Waals surface area contributed by atoms with E-state index in [9.17, 15) is 0 Å². The number of nitrogens with one attached hydrogen (secondary N) is 1. The van der Waals surface area contributed by atoms with Gasteiger partial charge in [-0.2, -0.15) is 0 Å². The van der Waals surface area contributed by atoms with Gasteiger partial charge in [-0.05, 0) is 37.8 Å². The summed E-state index contributed by atoms with van der Waals surface area (Å²) in [6, 6.07) is 3.87. The molecule has 2 rings (SSSR count). The van der Waals surface area contributed by atoms with Crippen molar-refractivity contribution in [2.45, 2.75) is 33.2 Å². The fourth-order valence-corrected chi connectivity index (χ4v) is 2.20. The standard InChI is InChI=1S/C14H23N3O.HI/c1-3-15-14(16-11-13-5-4-10-18-13)17-8-6-12(2)7-9-17;/h4-5,10,12H,3,6-9,11H2,1-2H3,(H,15,16);1H. The lowest BCUT2D eigenvalue weighted by molar-refractivity contribution is 0.273. The quantitative estimate of drug-likeness (QED) is 0.500. The molecular formula is C14H24IN3O. The molecule has 1 aromatic rings. The number of likely N-dealkylation sites (tertiary alicyclic amines) is 1. The van der Waals surface area contributed by atoms with E-state index in [-0.39, 0.29) is 24.0 Å². The highest BCUT2D eigenvalue weighted by atomic mass is 127. The zero-order valence-electron chi connectivity index (χ0n) is 11.8. The van der Waals surface area contributed by atoms with Crippen LogP contribution in [0.4, 0.5) is 0 Å². The van der Waals surface area contributed by atoms with Gasteiger partial charge >= 0.3 is 0 Å². The number of furan rings is 1. The average molecular weight is 377 g/mol. The predicted octanol–water partition coefficient (Wildman–Crippen LogP) is 3.10. The summed E-state index contributed by atoms with van der Waals surface area (Å²) in [6.07, 6.45) is 4.21. The lowest BCUT2D eigenvalue weighted by atomic mass is 10.00. The van der Waals surface area contributed by atoms with Crippen LogP contribution in [0, 0.1) is 5.92 Å². The smallest absolute Gasteiger partial charge is 0.194 e. The molecule has 0 spiro atoms. The van der Waals surface area contributed by atoms with Crippen LogP contribution in [-0.4, -0.2) is 30.5 Å². The third kappa shape index (κ3) is 5.04. The highest BCUT2D eigenvalue weighted by Gasteiger charge is 2.18. The molecule has 0 bridgehead atoms. The van der Waals surface area contributed by atoms with Crippen molar-refractivity contribution in [1.29, 1.82) is 0 Å². The molecule has 0 radical (unpaired) electrons. The highest BCUT2D eigenvalue weighted by Crippen LogP contribution is 2.16. The number of guanidine groups is 1. The van der Waals surface area contributed by atoms with E-state index >= 15 is 0 Å². The number of rotatable bonds is 3. The van der Waals surface area contributed by atoms with Gasteiger partial charge in [-0.1, -0.05) is 6.92 Å². The molecule has 0 saturated carbocycles. The molecule has 0 aliphatic carbocycles. The van der Waals surface area contributed by atoms with Crippen molar-refractivity contribution in [1.82, 2.24) is 10.2 Å². The van der Waals surface area contributed by atoms with Crippen LogP contribution >= 0.6 is 24.0 Å². The van der Waals surface area contributed by atoms with Crippen molar-refractivity contribution < 1.29 is 4.42 Å². The summed E-state index contributed by atoms with van der Waals surface area (Å²) in [5.74, 6) is 2.77. The summed E-state index contributed by atoms with van der Waals surface area (Å²) in [4.78, 5) is 7.00. The van der Waals surface area contributed by atoms with Crippen LogP contribution in [0.1, 0.15) is 32.4 Å². The van der Waals surface area contributed by atoms with E-state index in [1.807, 2.05) is 12.1 Å². The van der Waals surface area contributed by atoms with Gasteiger partial charge in [0.2, 0.25) is 0 Å². The first-order chi connectivity index (χ1) is 8.79. The van der Waals surface area contributed by atoms with Crippen LogP contribution < -0.4 is 5.32 Å². The Balaban J connectivity index is 0.00000180. The Morgan fingerprint density at radius 1 is 1.47 bits per heavy atom. The van der Waals surface area contributed by atoms with Gasteiger partial charge in [0.25, 0.3) is 0 Å². The zero-order valence-corrected chi connectivity index (χ0v) is 14.1. The van der Waals surface area contributed by atoms with E-state index in [0.29, 0.717) is 6.54 Å². The second kappa shape index (κ2) is 8.45. The Hall–Kier alpha value is -0.720. The third-order valence-electron chi connectivity index (χ3n) is 3.38. The molecule has 0 amide bonds. The molecular weight excluding hydrogens is 353 g/mol. The number of hydrogen-bond donors (Lipinski definition) is 1. The molecule has 5 heteroatoms. The summed E-state index contributed by atoms with van der Waals surface area (Å²) >= 11 is 0. The Labute approximate surface area is 132 Å². The molecule has 0 unspecified atom stereocenters. The van der Waals surface area contributed by atoms with E-state index in [1.54, 1.807) is 6.26 Å². The van der Waals surface area contributed by atoms with Crippen LogP contribution in [0.2, 0.25) is 0 Å². The van der Waals surface area contributed by atoms with Crippen molar-refractivity contribution >= 4 is 29.9 Å². The second-order valence-electron chi connectivity index (χ2n) is 4.92. The normalized spacial score (nSPS) is 17.2. The van der Waals surface area contributed by atoms with Crippen molar-refractivity contribution in [2.24, 2.45) is 10.9 Å². The van der Waals surface area contributed by atoms with Crippen molar-refractivity contribution in [3.05, 3.63) is 24.2 Å². The van der Waals surface area contributed by atoms with Crippen LogP contribution in [0.25, 0.3) is 0 Å². The monoisotopic (exact) mass is 377 g/mol. The molecule has 0 aromatic carbocycles. The number of piperidine rings is 1. The first kappa shape index (κ1) is 16.3. The van der Waals surface area contributed by atoms with Crippen LogP contribution in [-0.2, 0) is 6.54 Å². The van der Waals surface area contributed by atoms with Gasteiger partial charge in [0, 0.05) is 19.6 Å². The lowest BCUT2D eigenvalue weighted by Gasteiger charge is -2.32. The Bertz CT molecular complexity index is 370. The molecule has 1 fully saturated rings. The van der Waals surface area contributed by atoms with Gasteiger partial charge < -0.3 is 14.6 Å². The van der Waals surface area contributed by atoms with Crippen LogP contribution in [0.5, 0.6) is 0 Å². The van der Waals surface area contributed by atoms with Gasteiger partial charge in [-0.15, -0.1) is 24.0 Å². The zero-order chi connectivity index (χ0) is 12.8. The fourth-order valence-electron chi connectivity index (χ4n) is 2.20. The van der Waals surface area contributed by atoms with Gasteiger partial charge in [0.05, 0.1) is 6.26 Å². The minimum absolute atomic E-state index is 0. The van der Waals surface area contributed by atoms with E-state index in [2.05, 4.69) is 29.1 Å². The number of aliphatic imine (C=N–C) groups is 1. The molecule has 1 N–H and O–H groups in total. The SMILES string of the molecule is CCNC(=NCc1ccco1)N1CCC(C)CC1.I. The summed E-state index contributed by atoms with van der Waals surface area (Å²) in [6.45, 7) is 8.15. The molecule has 108 valence electrons. The highest BCUT2D eigenvalue weighted by molar-refractivity contribution is 14.0. The lowest BCUT2D eigenvalue weighted by Crippen LogP contribution is -2.45. The molecule has 1 aliphatic rings. The third-order valence-corrected chi connectivity index (χ3v) is 3.38. The maximum atomic E-state index is 5.31. The molecule has 0 atom stereocenters. The molecule has 19 heavy (non-hydrogen) atoms. The maximum absolute atomic E-state index is 5.31. The van der Waals surface area contributed by atoms with Gasteiger partial charge in [-0.25, -0.2) is 4.99 Å². The Kier molecular flexibility index (Phi) is 7.27. The second-order valence-corrected chi connectivity index (χ2v) is 4.92. The van der Waals surface area contributed by atoms with Gasteiger partial charge in [0.15, 0.2) is 5.96 Å². The molecule has 4 nitrogen and oxygen atoms in total. The number of nitrogens with zero attached hydrogens (tertiary/aromatic N) is 2. The van der Waals surface area contributed by atoms with Crippen molar-refractivity contribution in [2.75, 3.05) is 19.6 Å². The summed E-state index contributed by atoms with van der Waals surface area (Å²) < 4.78 is 5.31. The van der Waals surface area contributed by atoms with Gasteiger partial charge in [-0.3, -0.25) is 0 Å². The number of hydrogen-bond acceptors (Lipinski definition) is 2. The fraction of sp³-hybridized carbons (Fsp3) is 0.643.